The standard InChI is InChI=1S/C19H26N2O3/c1-14(2)11-18(22)20-16-7-9-21(10-8-16)19(23)13-15-5-4-6-17(12-15)24-3/h4-6,11-12,16H,7-10,13H2,1-3H3,(H,20,22). The first-order valence-electron chi connectivity index (χ1n) is 8.34. The SMILES string of the molecule is COc1cccc(CC(=O)N2CCC(NC(=O)C=C(C)C)CC2)c1. The number of allylic oxidation sites excluding steroid dienone is 1. The van der Waals surface area contributed by atoms with Crippen molar-refractivity contribution in [2.24, 2.45) is 0 Å². The van der Waals surface area contributed by atoms with Crippen molar-refractivity contribution in [3.63, 3.8) is 0 Å². The van der Waals surface area contributed by atoms with Crippen LogP contribution in [0.2, 0.25) is 0 Å². The molecule has 0 unspecified atom stereocenters. The molecule has 2 rings (SSSR count). The van der Waals surface area contributed by atoms with Crippen LogP contribution in [0.15, 0.2) is 35.9 Å². The third-order valence-electron chi connectivity index (χ3n) is 4.10. The normalized spacial score (nSPS) is 14.9. The molecule has 1 aromatic carbocycles. The summed E-state index contributed by atoms with van der Waals surface area (Å²) in [6.45, 7) is 5.17. The second kappa shape index (κ2) is 8.52. The minimum Gasteiger partial charge on any atom is -0.497 e. The molecule has 130 valence electrons. The van der Waals surface area contributed by atoms with Crippen molar-refractivity contribution in [1.29, 1.82) is 0 Å². The van der Waals surface area contributed by atoms with Gasteiger partial charge in [-0.15, -0.1) is 0 Å². The van der Waals surface area contributed by atoms with Gasteiger partial charge in [0.1, 0.15) is 5.75 Å². The molecule has 1 aliphatic heterocycles. The molecule has 0 aliphatic carbocycles. The number of nitrogens with one attached hydrogen (secondary N) is 1. The maximum absolute atomic E-state index is 12.4. The Kier molecular flexibility index (Phi) is 6.41. The van der Waals surface area contributed by atoms with Crippen LogP contribution in [0, 0.1) is 0 Å². The Labute approximate surface area is 143 Å². The molecular weight excluding hydrogens is 304 g/mol. The summed E-state index contributed by atoms with van der Waals surface area (Å²) >= 11 is 0. The molecule has 0 radical (unpaired) electrons. The van der Waals surface area contributed by atoms with Gasteiger partial charge in [-0.25, -0.2) is 0 Å². The Bertz CT molecular complexity index is 613. The number of rotatable bonds is 5. The van der Waals surface area contributed by atoms with Crippen molar-refractivity contribution >= 4 is 11.8 Å². The monoisotopic (exact) mass is 330 g/mol. The van der Waals surface area contributed by atoms with Gasteiger partial charge >= 0.3 is 0 Å². The summed E-state index contributed by atoms with van der Waals surface area (Å²) in [7, 11) is 1.62. The van der Waals surface area contributed by atoms with Crippen LogP contribution in [-0.2, 0) is 16.0 Å². The van der Waals surface area contributed by atoms with Crippen LogP contribution in [0.3, 0.4) is 0 Å². The highest BCUT2D eigenvalue weighted by Crippen LogP contribution is 2.16. The molecule has 24 heavy (non-hydrogen) atoms. The summed E-state index contributed by atoms with van der Waals surface area (Å²) in [5.74, 6) is 0.842. The van der Waals surface area contributed by atoms with E-state index in [1.54, 1.807) is 13.2 Å². The Morgan fingerprint density at radius 1 is 1.29 bits per heavy atom. The van der Waals surface area contributed by atoms with Crippen molar-refractivity contribution in [3.8, 4) is 5.75 Å². The van der Waals surface area contributed by atoms with E-state index in [0.717, 1.165) is 29.7 Å². The minimum atomic E-state index is -0.0452. The number of hydrogen-bond acceptors (Lipinski definition) is 3. The van der Waals surface area contributed by atoms with E-state index < -0.39 is 0 Å². The van der Waals surface area contributed by atoms with Gasteiger partial charge in [-0.1, -0.05) is 17.7 Å². The van der Waals surface area contributed by atoms with Gasteiger partial charge in [-0.05, 0) is 44.4 Å². The molecule has 1 heterocycles. The second-order valence-corrected chi connectivity index (χ2v) is 6.41. The molecule has 0 spiro atoms. The summed E-state index contributed by atoms with van der Waals surface area (Å²) in [5.41, 5.74) is 1.94. The summed E-state index contributed by atoms with van der Waals surface area (Å²) in [6.07, 6.45) is 3.59. The number of methoxy groups -OCH3 is 1. The molecule has 2 amide bonds. The molecule has 1 aliphatic rings. The highest BCUT2D eigenvalue weighted by molar-refractivity contribution is 5.88. The highest BCUT2D eigenvalue weighted by atomic mass is 16.5. The average molecular weight is 330 g/mol. The fraction of sp³-hybridized carbons (Fsp3) is 0.474. The number of piperidine rings is 1. The molecule has 0 bridgehead atoms. The van der Waals surface area contributed by atoms with Gasteiger partial charge < -0.3 is 15.0 Å². The van der Waals surface area contributed by atoms with E-state index in [4.69, 9.17) is 4.74 Å². The fourth-order valence-electron chi connectivity index (χ4n) is 2.85. The predicted molar refractivity (Wildman–Crippen MR) is 93.9 cm³/mol. The Morgan fingerprint density at radius 2 is 2.00 bits per heavy atom. The summed E-state index contributed by atoms with van der Waals surface area (Å²) in [5, 5.41) is 3.00. The van der Waals surface area contributed by atoms with Crippen LogP contribution in [0.5, 0.6) is 5.75 Å². The first kappa shape index (κ1) is 18.0. The fourth-order valence-corrected chi connectivity index (χ4v) is 2.85. The number of carbonyl (C=O) groups excluding carboxylic acids is 2. The van der Waals surface area contributed by atoms with Crippen molar-refractivity contribution in [2.75, 3.05) is 20.2 Å². The van der Waals surface area contributed by atoms with E-state index in [-0.39, 0.29) is 17.9 Å². The topological polar surface area (TPSA) is 58.6 Å². The van der Waals surface area contributed by atoms with Crippen LogP contribution in [-0.4, -0.2) is 43.0 Å². The molecule has 5 nitrogen and oxygen atoms in total. The van der Waals surface area contributed by atoms with E-state index in [0.29, 0.717) is 19.5 Å². The summed E-state index contributed by atoms with van der Waals surface area (Å²) in [4.78, 5) is 26.1. The largest absolute Gasteiger partial charge is 0.497 e. The predicted octanol–water partition coefficient (Wildman–Crippen LogP) is 2.31. The summed E-state index contributed by atoms with van der Waals surface area (Å²) < 4.78 is 5.19. The lowest BCUT2D eigenvalue weighted by molar-refractivity contribution is -0.131. The van der Waals surface area contributed by atoms with Gasteiger partial charge in [0.25, 0.3) is 0 Å². The molecule has 1 aromatic rings. The Hall–Kier alpha value is -2.30. The first-order valence-corrected chi connectivity index (χ1v) is 8.34. The zero-order chi connectivity index (χ0) is 17.5. The second-order valence-electron chi connectivity index (χ2n) is 6.41. The van der Waals surface area contributed by atoms with Crippen molar-refractivity contribution in [3.05, 3.63) is 41.5 Å². The molecule has 5 heteroatoms. The number of amides is 2. The van der Waals surface area contributed by atoms with Gasteiger partial charge in [0.05, 0.1) is 13.5 Å². The Morgan fingerprint density at radius 3 is 2.62 bits per heavy atom. The average Bonchev–Trinajstić information content (AvgIpc) is 2.54. The molecule has 0 saturated carbocycles. The van der Waals surface area contributed by atoms with Crippen LogP contribution in [0.1, 0.15) is 32.3 Å². The molecular formula is C19H26N2O3. The van der Waals surface area contributed by atoms with Crippen LogP contribution in [0.4, 0.5) is 0 Å². The molecule has 1 saturated heterocycles. The van der Waals surface area contributed by atoms with Gasteiger partial charge in [0.15, 0.2) is 0 Å². The number of carbonyl (C=O) groups is 2. The quantitative estimate of drug-likeness (QED) is 0.843. The van der Waals surface area contributed by atoms with Gasteiger partial charge in [-0.3, -0.25) is 9.59 Å². The number of ether oxygens (including phenoxy) is 1. The minimum absolute atomic E-state index is 0.0452. The molecule has 1 N–H and O–H groups in total. The zero-order valence-electron chi connectivity index (χ0n) is 14.7. The number of hydrogen-bond donors (Lipinski definition) is 1. The van der Waals surface area contributed by atoms with Gasteiger partial charge in [-0.2, -0.15) is 0 Å². The molecule has 0 atom stereocenters. The smallest absolute Gasteiger partial charge is 0.244 e. The van der Waals surface area contributed by atoms with Gasteiger partial charge in [0, 0.05) is 25.2 Å². The zero-order valence-corrected chi connectivity index (χ0v) is 14.7. The number of benzene rings is 1. The third-order valence-corrected chi connectivity index (χ3v) is 4.10. The summed E-state index contributed by atoms with van der Waals surface area (Å²) in [6, 6.07) is 7.74. The number of nitrogens with zero attached hydrogens (tertiary/aromatic N) is 1. The van der Waals surface area contributed by atoms with Crippen LogP contribution >= 0.6 is 0 Å². The van der Waals surface area contributed by atoms with Crippen LogP contribution < -0.4 is 10.1 Å². The molecule has 1 fully saturated rings. The van der Waals surface area contributed by atoms with Crippen molar-refractivity contribution in [1.82, 2.24) is 10.2 Å². The van der Waals surface area contributed by atoms with Crippen LogP contribution in [0.25, 0.3) is 0 Å². The van der Waals surface area contributed by atoms with E-state index in [9.17, 15) is 9.59 Å². The van der Waals surface area contributed by atoms with Crippen molar-refractivity contribution < 1.29 is 14.3 Å². The lowest BCUT2D eigenvalue weighted by atomic mass is 10.0. The van der Waals surface area contributed by atoms with E-state index >= 15 is 0 Å². The highest BCUT2D eigenvalue weighted by Gasteiger charge is 2.23. The lowest BCUT2D eigenvalue weighted by Gasteiger charge is -2.32. The maximum atomic E-state index is 12.4. The maximum Gasteiger partial charge on any atom is 0.244 e. The molecule has 0 aromatic heterocycles. The number of likely N-dealkylation sites (tertiary alicyclic amines) is 1. The van der Waals surface area contributed by atoms with E-state index in [1.165, 1.54) is 0 Å². The van der Waals surface area contributed by atoms with Gasteiger partial charge in [0.2, 0.25) is 11.8 Å². The van der Waals surface area contributed by atoms with E-state index in [2.05, 4.69) is 5.32 Å². The lowest BCUT2D eigenvalue weighted by Crippen LogP contribution is -2.46. The Balaban J connectivity index is 1.82. The first-order chi connectivity index (χ1) is 11.5. The third kappa shape index (κ3) is 5.41. The van der Waals surface area contributed by atoms with Crippen molar-refractivity contribution in [2.45, 2.75) is 39.2 Å². The van der Waals surface area contributed by atoms with E-state index in [1.807, 2.05) is 43.0 Å².